The highest BCUT2D eigenvalue weighted by molar-refractivity contribution is 9.10. The van der Waals surface area contributed by atoms with E-state index in [1.54, 1.807) is 12.4 Å². The van der Waals surface area contributed by atoms with Crippen molar-refractivity contribution in [2.75, 3.05) is 0 Å². The molecule has 0 saturated heterocycles. The first kappa shape index (κ1) is 13.1. The first-order valence-corrected chi connectivity index (χ1v) is 6.23. The minimum absolute atomic E-state index is 0.288. The lowest BCUT2D eigenvalue weighted by Crippen LogP contribution is -2.29. The van der Waals surface area contributed by atoms with Crippen molar-refractivity contribution < 1.29 is 4.39 Å². The molecule has 5 heteroatoms. The van der Waals surface area contributed by atoms with Crippen molar-refractivity contribution in [3.05, 3.63) is 63.6 Å². The number of hydrogen-bond acceptors (Lipinski definition) is 3. The summed E-state index contributed by atoms with van der Waals surface area (Å²) >= 11 is 3.27. The monoisotopic (exact) mass is 309 g/mol. The number of nitrogens with one attached hydrogen (secondary N) is 1. The van der Waals surface area contributed by atoms with E-state index in [-0.39, 0.29) is 11.9 Å². The van der Waals surface area contributed by atoms with Crippen LogP contribution in [-0.2, 0) is 0 Å². The van der Waals surface area contributed by atoms with Gasteiger partial charge in [-0.15, -0.1) is 0 Å². The number of benzene rings is 1. The van der Waals surface area contributed by atoms with Gasteiger partial charge >= 0.3 is 0 Å². The molecule has 0 aliphatic rings. The number of pyridine rings is 1. The van der Waals surface area contributed by atoms with Crippen LogP contribution >= 0.6 is 15.9 Å². The molecule has 1 aromatic heterocycles. The van der Waals surface area contributed by atoms with Gasteiger partial charge in [0.1, 0.15) is 5.82 Å². The number of halogens is 2. The molecule has 1 unspecified atom stereocenters. The van der Waals surface area contributed by atoms with E-state index in [4.69, 9.17) is 5.84 Å². The van der Waals surface area contributed by atoms with Crippen LogP contribution in [0.3, 0.4) is 0 Å². The molecule has 0 aliphatic heterocycles. The van der Waals surface area contributed by atoms with Crippen LogP contribution in [-0.4, -0.2) is 4.98 Å². The smallest absolute Gasteiger partial charge is 0.124 e. The quantitative estimate of drug-likeness (QED) is 0.677. The molecule has 0 aliphatic carbocycles. The highest BCUT2D eigenvalue weighted by atomic mass is 79.9. The average Bonchev–Trinajstić information content (AvgIpc) is 2.28. The third-order valence-electron chi connectivity index (χ3n) is 2.61. The highest BCUT2D eigenvalue weighted by Crippen LogP contribution is 2.25. The second kappa shape index (κ2) is 5.56. The third-order valence-corrected chi connectivity index (χ3v) is 3.07. The van der Waals surface area contributed by atoms with Gasteiger partial charge in [0.2, 0.25) is 0 Å². The second-order valence-electron chi connectivity index (χ2n) is 4.10. The summed E-state index contributed by atoms with van der Waals surface area (Å²) in [4.78, 5) is 4.12. The Morgan fingerprint density at radius 3 is 2.61 bits per heavy atom. The van der Waals surface area contributed by atoms with Gasteiger partial charge in [0.25, 0.3) is 0 Å². The van der Waals surface area contributed by atoms with Gasteiger partial charge in [-0.25, -0.2) is 9.82 Å². The lowest BCUT2D eigenvalue weighted by Gasteiger charge is -2.17. The molecule has 0 spiro atoms. The van der Waals surface area contributed by atoms with E-state index in [1.807, 2.05) is 19.1 Å². The van der Waals surface area contributed by atoms with Crippen LogP contribution in [0.5, 0.6) is 0 Å². The summed E-state index contributed by atoms with van der Waals surface area (Å²) in [5.41, 5.74) is 5.36. The predicted octanol–water partition coefficient (Wildman–Crippen LogP) is 2.84. The number of nitrogens with zero attached hydrogens (tertiary/aromatic N) is 1. The number of hydrazine groups is 1. The number of aromatic nitrogens is 1. The fraction of sp³-hybridized carbons (Fsp3) is 0.154. The first-order chi connectivity index (χ1) is 8.60. The van der Waals surface area contributed by atoms with Crippen LogP contribution in [0.2, 0.25) is 0 Å². The molecule has 1 atom stereocenters. The zero-order valence-corrected chi connectivity index (χ0v) is 11.4. The Balaban J connectivity index is 2.45. The minimum atomic E-state index is -0.305. The maximum absolute atomic E-state index is 13.4. The van der Waals surface area contributed by atoms with Crippen molar-refractivity contribution in [3.8, 4) is 0 Å². The molecule has 0 radical (unpaired) electrons. The lowest BCUT2D eigenvalue weighted by atomic mass is 10.00. The molecule has 2 aromatic rings. The number of nitrogens with two attached hydrogens (primary N) is 1. The Kier molecular flexibility index (Phi) is 4.06. The Morgan fingerprint density at radius 2 is 2.00 bits per heavy atom. The van der Waals surface area contributed by atoms with Gasteiger partial charge in [-0.3, -0.25) is 10.8 Å². The van der Waals surface area contributed by atoms with Crippen molar-refractivity contribution >= 4 is 15.9 Å². The zero-order chi connectivity index (χ0) is 13.1. The van der Waals surface area contributed by atoms with E-state index in [9.17, 15) is 4.39 Å². The van der Waals surface area contributed by atoms with Gasteiger partial charge in [0.05, 0.1) is 6.04 Å². The number of aryl methyl sites for hydroxylation is 1. The van der Waals surface area contributed by atoms with Crippen LogP contribution in [0.15, 0.2) is 41.1 Å². The van der Waals surface area contributed by atoms with Gasteiger partial charge in [-0.05, 0) is 41.8 Å². The molecule has 94 valence electrons. The zero-order valence-electron chi connectivity index (χ0n) is 9.82. The Hall–Kier alpha value is -1.30. The summed E-state index contributed by atoms with van der Waals surface area (Å²) in [6.45, 7) is 1.95. The summed E-state index contributed by atoms with van der Waals surface area (Å²) in [7, 11) is 0. The normalized spacial score (nSPS) is 12.4. The minimum Gasteiger partial charge on any atom is -0.271 e. The molecule has 1 heterocycles. The van der Waals surface area contributed by atoms with E-state index in [0.717, 1.165) is 16.7 Å². The maximum Gasteiger partial charge on any atom is 0.124 e. The Morgan fingerprint density at radius 1 is 1.22 bits per heavy atom. The van der Waals surface area contributed by atoms with E-state index in [0.29, 0.717) is 4.47 Å². The molecule has 18 heavy (non-hydrogen) atoms. The summed E-state index contributed by atoms with van der Waals surface area (Å²) in [6, 6.07) is 6.37. The van der Waals surface area contributed by atoms with Gasteiger partial charge in [0, 0.05) is 16.9 Å². The van der Waals surface area contributed by atoms with Crippen LogP contribution < -0.4 is 11.3 Å². The summed E-state index contributed by atoms with van der Waals surface area (Å²) in [5.74, 6) is 5.27. The van der Waals surface area contributed by atoms with Gasteiger partial charge in [0.15, 0.2) is 0 Å². The van der Waals surface area contributed by atoms with Crippen molar-refractivity contribution in [1.29, 1.82) is 0 Å². The standard InChI is InChI=1S/C13H13BrFN3/c1-8-2-10(7-17-6-8)13(18-16)9-3-11(14)5-12(15)4-9/h2-7,13,18H,16H2,1H3. The van der Waals surface area contributed by atoms with Crippen molar-refractivity contribution in [1.82, 2.24) is 10.4 Å². The Labute approximate surface area is 113 Å². The molecule has 1 aromatic carbocycles. The third kappa shape index (κ3) is 2.93. The molecule has 0 saturated carbocycles. The average molecular weight is 310 g/mol. The second-order valence-corrected chi connectivity index (χ2v) is 5.01. The molecular formula is C13H13BrFN3. The van der Waals surface area contributed by atoms with Crippen LogP contribution in [0, 0.1) is 12.7 Å². The summed E-state index contributed by atoms with van der Waals surface area (Å²) in [5, 5.41) is 0. The molecule has 0 fully saturated rings. The fourth-order valence-corrected chi connectivity index (χ4v) is 2.35. The molecular weight excluding hydrogens is 297 g/mol. The van der Waals surface area contributed by atoms with Gasteiger partial charge in [-0.2, -0.15) is 0 Å². The van der Waals surface area contributed by atoms with Crippen molar-refractivity contribution in [3.63, 3.8) is 0 Å². The summed E-state index contributed by atoms with van der Waals surface area (Å²) < 4.78 is 14.1. The maximum atomic E-state index is 13.4. The topological polar surface area (TPSA) is 50.9 Å². The van der Waals surface area contributed by atoms with Gasteiger partial charge in [-0.1, -0.05) is 22.0 Å². The van der Waals surface area contributed by atoms with Crippen LogP contribution in [0.25, 0.3) is 0 Å². The van der Waals surface area contributed by atoms with Crippen molar-refractivity contribution in [2.45, 2.75) is 13.0 Å². The van der Waals surface area contributed by atoms with E-state index >= 15 is 0 Å². The molecule has 2 rings (SSSR count). The predicted molar refractivity (Wildman–Crippen MR) is 72.2 cm³/mol. The molecule has 0 bridgehead atoms. The lowest BCUT2D eigenvalue weighted by molar-refractivity contribution is 0.603. The molecule has 3 nitrogen and oxygen atoms in total. The highest BCUT2D eigenvalue weighted by Gasteiger charge is 2.14. The van der Waals surface area contributed by atoms with Gasteiger partial charge < -0.3 is 0 Å². The van der Waals surface area contributed by atoms with Crippen LogP contribution in [0.1, 0.15) is 22.7 Å². The van der Waals surface area contributed by atoms with E-state index in [1.165, 1.54) is 12.1 Å². The number of rotatable bonds is 3. The number of hydrogen-bond donors (Lipinski definition) is 2. The van der Waals surface area contributed by atoms with Crippen molar-refractivity contribution in [2.24, 2.45) is 5.84 Å². The van der Waals surface area contributed by atoms with E-state index < -0.39 is 0 Å². The SMILES string of the molecule is Cc1cncc(C(NN)c2cc(F)cc(Br)c2)c1. The summed E-state index contributed by atoms with van der Waals surface area (Å²) in [6.07, 6.45) is 3.48. The first-order valence-electron chi connectivity index (χ1n) is 5.44. The molecule has 3 N–H and O–H groups in total. The van der Waals surface area contributed by atoms with E-state index in [2.05, 4.69) is 26.3 Å². The largest absolute Gasteiger partial charge is 0.271 e. The van der Waals surface area contributed by atoms with Crippen LogP contribution in [0.4, 0.5) is 4.39 Å². The fourth-order valence-electron chi connectivity index (χ4n) is 1.86. The molecule has 0 amide bonds. The Bertz CT molecular complexity index is 539.